The molecule has 1 saturated heterocycles. The molecule has 8 heteroatoms. The van der Waals surface area contributed by atoms with Crippen LogP contribution in [-0.4, -0.2) is 47.0 Å². The Morgan fingerprint density at radius 3 is 2.56 bits per heavy atom. The number of benzene rings is 2. The minimum Gasteiger partial charge on any atom is -0.399 e. The van der Waals surface area contributed by atoms with Gasteiger partial charge in [-0.1, -0.05) is 42.5 Å². The lowest BCUT2D eigenvalue weighted by molar-refractivity contribution is -0.467. The number of hydrogen-bond donors (Lipinski definition) is 2. The molecule has 0 radical (unpaired) electrons. The third-order valence-electron chi connectivity index (χ3n) is 7.61. The second-order valence-corrected chi connectivity index (χ2v) is 10.8. The number of rotatable bonds is 5. The summed E-state index contributed by atoms with van der Waals surface area (Å²) in [5, 5.41) is 5.96. The fourth-order valence-electron chi connectivity index (χ4n) is 4.67. The molecule has 3 heterocycles. The summed E-state index contributed by atoms with van der Waals surface area (Å²) in [6.07, 6.45) is 5.62. The van der Waals surface area contributed by atoms with Gasteiger partial charge in [0, 0.05) is 11.3 Å². The Bertz CT molecular complexity index is 1240. The molecule has 186 valence electrons. The van der Waals surface area contributed by atoms with Gasteiger partial charge in [-0.15, -0.1) is 0 Å². The molecular weight excluding hydrogens is 453 g/mol. The molecule has 0 unspecified atom stereocenters. The maximum atomic E-state index is 13.0. The largest absolute Gasteiger partial charge is 0.494 e. The van der Waals surface area contributed by atoms with Crippen LogP contribution in [0.3, 0.4) is 0 Å². The van der Waals surface area contributed by atoms with Crippen LogP contribution in [0.4, 0.5) is 5.69 Å². The van der Waals surface area contributed by atoms with Crippen molar-refractivity contribution in [2.24, 2.45) is 0 Å². The van der Waals surface area contributed by atoms with Crippen LogP contribution >= 0.6 is 0 Å². The van der Waals surface area contributed by atoms with Crippen LogP contribution in [0.5, 0.6) is 0 Å². The molecule has 0 saturated carbocycles. The highest BCUT2D eigenvalue weighted by atomic mass is 16.7. The quantitative estimate of drug-likeness (QED) is 0.503. The van der Waals surface area contributed by atoms with Crippen molar-refractivity contribution in [3.05, 3.63) is 71.4 Å². The van der Waals surface area contributed by atoms with Crippen molar-refractivity contribution in [2.75, 3.05) is 5.32 Å². The molecule has 36 heavy (non-hydrogen) atoms. The lowest BCUT2D eigenvalue weighted by atomic mass is 9.78. The van der Waals surface area contributed by atoms with Gasteiger partial charge in [0.15, 0.2) is 12.7 Å². The highest BCUT2D eigenvalue weighted by molar-refractivity contribution is 6.62. The molecule has 0 aromatic heterocycles. The van der Waals surface area contributed by atoms with Gasteiger partial charge in [0.05, 0.1) is 23.2 Å². The van der Waals surface area contributed by atoms with Crippen LogP contribution < -0.4 is 16.1 Å². The van der Waals surface area contributed by atoms with Gasteiger partial charge in [-0.2, -0.15) is 0 Å². The number of hydrogen-bond acceptors (Lipinski definition) is 4. The summed E-state index contributed by atoms with van der Waals surface area (Å²) in [5.74, 6) is -0.414. The van der Waals surface area contributed by atoms with Crippen molar-refractivity contribution >= 4 is 36.3 Å². The first-order chi connectivity index (χ1) is 17.1. The van der Waals surface area contributed by atoms with E-state index in [1.54, 1.807) is 0 Å². The summed E-state index contributed by atoms with van der Waals surface area (Å²) < 4.78 is 14.4. The number of nitrogens with zero attached hydrogens (tertiary/aromatic N) is 1. The third-order valence-corrected chi connectivity index (χ3v) is 7.61. The average Bonchev–Trinajstić information content (AvgIpc) is 3.33. The van der Waals surface area contributed by atoms with Crippen LogP contribution in [-0.2, 0) is 31.9 Å². The highest BCUT2D eigenvalue weighted by Crippen LogP contribution is 2.36. The normalized spacial score (nSPS) is 22.3. The van der Waals surface area contributed by atoms with Gasteiger partial charge in [-0.05, 0) is 57.6 Å². The minimum absolute atomic E-state index is 0.203. The third kappa shape index (κ3) is 4.88. The second kappa shape index (κ2) is 9.34. The van der Waals surface area contributed by atoms with Crippen molar-refractivity contribution < 1.29 is 23.5 Å². The van der Waals surface area contributed by atoms with Gasteiger partial charge in [0.2, 0.25) is 5.91 Å². The Hall–Kier alpha value is -3.23. The first-order valence-electron chi connectivity index (χ1n) is 12.6. The SMILES string of the molecule is CC1(C)OB(c2ccc3c(c2)NC(=O)[C@@H](NC(=O)C2=C[N+](Cc4ccccc4)=CC2)CC3)OC1(C)C. The molecule has 3 aliphatic heterocycles. The molecule has 2 aromatic rings. The van der Waals surface area contributed by atoms with Crippen LogP contribution in [0.2, 0.25) is 0 Å². The maximum absolute atomic E-state index is 13.0. The number of amides is 2. The summed E-state index contributed by atoms with van der Waals surface area (Å²) in [4.78, 5) is 26.0. The summed E-state index contributed by atoms with van der Waals surface area (Å²) in [5.41, 5.74) is 3.59. The van der Waals surface area contributed by atoms with E-state index in [1.165, 1.54) is 5.56 Å². The first kappa shape index (κ1) is 24.5. The molecular formula is C28H33BN3O4+. The fraction of sp³-hybridized carbons (Fsp3) is 0.393. The monoisotopic (exact) mass is 486 g/mol. The van der Waals surface area contributed by atoms with E-state index in [1.807, 2.05) is 81.1 Å². The molecule has 1 fully saturated rings. The lowest BCUT2D eigenvalue weighted by Gasteiger charge is -2.32. The molecule has 2 aromatic carbocycles. The molecule has 5 rings (SSSR count). The Balaban J connectivity index is 1.23. The number of carbonyl (C=O) groups is 2. The zero-order chi connectivity index (χ0) is 25.5. The Morgan fingerprint density at radius 2 is 1.83 bits per heavy atom. The van der Waals surface area contributed by atoms with E-state index in [2.05, 4.69) is 22.8 Å². The predicted molar refractivity (Wildman–Crippen MR) is 140 cm³/mol. The fourth-order valence-corrected chi connectivity index (χ4v) is 4.67. The van der Waals surface area contributed by atoms with Crippen molar-refractivity contribution in [2.45, 2.75) is 70.7 Å². The average molecular weight is 486 g/mol. The zero-order valence-corrected chi connectivity index (χ0v) is 21.3. The Morgan fingerprint density at radius 1 is 1.11 bits per heavy atom. The van der Waals surface area contributed by atoms with E-state index in [0.717, 1.165) is 16.7 Å². The lowest BCUT2D eigenvalue weighted by Crippen LogP contribution is -2.43. The number of nitrogens with one attached hydrogen (secondary N) is 2. The molecule has 0 aliphatic carbocycles. The van der Waals surface area contributed by atoms with Crippen molar-refractivity contribution in [3.8, 4) is 0 Å². The summed E-state index contributed by atoms with van der Waals surface area (Å²) in [6.45, 7) is 8.78. The first-order valence-corrected chi connectivity index (χ1v) is 12.6. The van der Waals surface area contributed by atoms with Crippen LogP contribution in [0.25, 0.3) is 0 Å². The molecule has 1 atom stereocenters. The van der Waals surface area contributed by atoms with E-state index in [-0.39, 0.29) is 11.8 Å². The maximum Gasteiger partial charge on any atom is 0.494 e. The zero-order valence-electron chi connectivity index (χ0n) is 21.3. The van der Waals surface area contributed by atoms with Gasteiger partial charge in [0.25, 0.3) is 5.91 Å². The van der Waals surface area contributed by atoms with Crippen LogP contribution in [0, 0.1) is 0 Å². The minimum atomic E-state index is -0.603. The number of aryl methyl sites for hydroxylation is 1. The second-order valence-electron chi connectivity index (χ2n) is 10.8. The van der Waals surface area contributed by atoms with Crippen molar-refractivity contribution in [1.29, 1.82) is 0 Å². The van der Waals surface area contributed by atoms with E-state index < -0.39 is 24.4 Å². The van der Waals surface area contributed by atoms with Gasteiger partial charge < -0.3 is 19.9 Å². The topological polar surface area (TPSA) is 79.7 Å². The van der Waals surface area contributed by atoms with E-state index in [4.69, 9.17) is 9.31 Å². The summed E-state index contributed by atoms with van der Waals surface area (Å²) in [6, 6.07) is 15.4. The van der Waals surface area contributed by atoms with Gasteiger partial charge in [-0.25, -0.2) is 4.58 Å². The van der Waals surface area contributed by atoms with E-state index >= 15 is 0 Å². The molecule has 2 N–H and O–H groups in total. The number of fused-ring (bicyclic) bond motifs is 1. The Labute approximate surface area is 212 Å². The van der Waals surface area contributed by atoms with Crippen molar-refractivity contribution in [1.82, 2.24) is 5.32 Å². The predicted octanol–water partition coefficient (Wildman–Crippen LogP) is 2.93. The van der Waals surface area contributed by atoms with E-state index in [0.29, 0.717) is 31.4 Å². The molecule has 0 spiro atoms. The van der Waals surface area contributed by atoms with Crippen molar-refractivity contribution in [3.63, 3.8) is 0 Å². The van der Waals surface area contributed by atoms with Crippen LogP contribution in [0.1, 0.15) is 51.7 Å². The molecule has 7 nitrogen and oxygen atoms in total. The van der Waals surface area contributed by atoms with Gasteiger partial charge >= 0.3 is 7.12 Å². The summed E-state index contributed by atoms with van der Waals surface area (Å²) >= 11 is 0. The standard InChI is InChI=1S/C28H32BN3O4/c1-27(2)28(3,4)36-29(35-27)22-12-10-20-11-13-23(26(34)31-24(20)16-22)30-25(33)21-14-15-32(18-21)17-19-8-6-5-7-9-19/h5-10,12,15-16,18,23H,11,13-14,17H2,1-4H3,(H-,30,31,33,34)/p+1/t23-/m0/s1. The number of anilines is 1. The van der Waals surface area contributed by atoms with Crippen LogP contribution in [0.15, 0.2) is 60.3 Å². The van der Waals surface area contributed by atoms with E-state index in [9.17, 15) is 9.59 Å². The highest BCUT2D eigenvalue weighted by Gasteiger charge is 2.51. The number of carbonyl (C=O) groups excluding carboxylic acids is 2. The smallest absolute Gasteiger partial charge is 0.399 e. The van der Waals surface area contributed by atoms with Gasteiger partial charge in [0.1, 0.15) is 12.3 Å². The Kier molecular flexibility index (Phi) is 6.35. The molecule has 0 bridgehead atoms. The van der Waals surface area contributed by atoms with Gasteiger partial charge in [-0.3, -0.25) is 9.59 Å². The molecule has 3 aliphatic rings. The molecule has 2 amide bonds. The summed E-state index contributed by atoms with van der Waals surface area (Å²) in [7, 11) is -0.500.